The fourth-order valence-corrected chi connectivity index (χ4v) is 2.13. The normalized spacial score (nSPS) is 12.2. The molecule has 3 nitrogen and oxygen atoms in total. The molecule has 1 N–H and O–H groups in total. The Balaban J connectivity index is 2.32. The highest BCUT2D eigenvalue weighted by Gasteiger charge is 2.09. The monoisotopic (exact) mass is 285 g/mol. The van der Waals surface area contributed by atoms with E-state index in [1.54, 1.807) is 31.0 Å². The zero-order valence-electron chi connectivity index (χ0n) is 11.3. The highest BCUT2D eigenvalue weighted by atomic mass is 32.2. The number of hydrogen-bond donors (Lipinski definition) is 1. The molecule has 19 heavy (non-hydrogen) atoms. The number of amides is 1. The van der Waals surface area contributed by atoms with Gasteiger partial charge in [-0.15, -0.1) is 0 Å². The van der Waals surface area contributed by atoms with Crippen molar-refractivity contribution in [1.29, 1.82) is 0 Å². The molecule has 5 heteroatoms. The van der Waals surface area contributed by atoms with E-state index in [9.17, 15) is 9.18 Å². The van der Waals surface area contributed by atoms with Crippen LogP contribution in [0.1, 0.15) is 12.0 Å². The van der Waals surface area contributed by atoms with Gasteiger partial charge in [-0.3, -0.25) is 4.79 Å². The fraction of sp³-hybridized carbons (Fsp3) is 0.500. The van der Waals surface area contributed by atoms with Gasteiger partial charge in [0.1, 0.15) is 5.82 Å². The summed E-state index contributed by atoms with van der Waals surface area (Å²) < 4.78 is 18.0. The SMILES string of the molecule is COC(CCSC)CNC(=O)Cc1ccc(F)cc1. The Morgan fingerprint density at radius 2 is 2.11 bits per heavy atom. The van der Waals surface area contributed by atoms with Gasteiger partial charge in [-0.2, -0.15) is 11.8 Å². The summed E-state index contributed by atoms with van der Waals surface area (Å²) in [6.07, 6.45) is 3.26. The first-order valence-corrected chi connectivity index (χ1v) is 7.58. The van der Waals surface area contributed by atoms with Crippen molar-refractivity contribution in [1.82, 2.24) is 5.32 Å². The molecular weight excluding hydrogens is 265 g/mol. The Hall–Kier alpha value is -1.07. The number of nitrogens with one attached hydrogen (secondary N) is 1. The lowest BCUT2D eigenvalue weighted by Crippen LogP contribution is -2.34. The third-order valence-corrected chi connectivity index (χ3v) is 3.43. The minimum Gasteiger partial charge on any atom is -0.380 e. The van der Waals surface area contributed by atoms with E-state index in [1.165, 1.54) is 12.1 Å². The molecule has 0 aromatic heterocycles. The van der Waals surface area contributed by atoms with E-state index >= 15 is 0 Å². The topological polar surface area (TPSA) is 38.3 Å². The van der Waals surface area contributed by atoms with Gasteiger partial charge in [-0.05, 0) is 36.1 Å². The summed E-state index contributed by atoms with van der Waals surface area (Å²) >= 11 is 1.76. The molecule has 1 amide bonds. The summed E-state index contributed by atoms with van der Waals surface area (Å²) in [5.74, 6) is 0.644. The number of hydrogen-bond acceptors (Lipinski definition) is 3. The average molecular weight is 285 g/mol. The lowest BCUT2D eigenvalue weighted by atomic mass is 10.1. The van der Waals surface area contributed by atoms with Gasteiger partial charge in [0.25, 0.3) is 0 Å². The number of methoxy groups -OCH3 is 1. The van der Waals surface area contributed by atoms with Gasteiger partial charge in [-0.25, -0.2) is 4.39 Å². The lowest BCUT2D eigenvalue weighted by Gasteiger charge is -2.15. The molecule has 0 aliphatic rings. The molecule has 0 fully saturated rings. The van der Waals surface area contributed by atoms with Gasteiger partial charge in [-0.1, -0.05) is 12.1 Å². The quantitative estimate of drug-likeness (QED) is 0.796. The van der Waals surface area contributed by atoms with Crippen molar-refractivity contribution in [2.24, 2.45) is 0 Å². The fourth-order valence-electron chi connectivity index (χ4n) is 1.63. The number of halogens is 1. The molecule has 1 rings (SSSR count). The van der Waals surface area contributed by atoms with Crippen molar-refractivity contribution < 1.29 is 13.9 Å². The van der Waals surface area contributed by atoms with E-state index < -0.39 is 0 Å². The van der Waals surface area contributed by atoms with Crippen LogP contribution >= 0.6 is 11.8 Å². The summed E-state index contributed by atoms with van der Waals surface area (Å²) in [7, 11) is 1.65. The second-order valence-electron chi connectivity index (χ2n) is 4.25. The van der Waals surface area contributed by atoms with Gasteiger partial charge >= 0.3 is 0 Å². The maximum atomic E-state index is 12.7. The number of carbonyl (C=O) groups is 1. The van der Waals surface area contributed by atoms with E-state index in [0.717, 1.165) is 17.7 Å². The average Bonchev–Trinajstić information content (AvgIpc) is 2.42. The molecule has 0 saturated heterocycles. The predicted octanol–water partition coefficient (Wildman–Crippen LogP) is 2.25. The Bertz CT molecular complexity index is 384. The maximum Gasteiger partial charge on any atom is 0.224 e. The summed E-state index contributed by atoms with van der Waals surface area (Å²) in [6, 6.07) is 5.96. The van der Waals surface area contributed by atoms with Crippen molar-refractivity contribution >= 4 is 17.7 Å². The molecule has 0 heterocycles. The van der Waals surface area contributed by atoms with Crippen LogP contribution in [0, 0.1) is 5.82 Å². The first-order chi connectivity index (χ1) is 9.15. The minimum atomic E-state index is -0.291. The molecule has 0 bridgehead atoms. The molecule has 1 aromatic rings. The van der Waals surface area contributed by atoms with Crippen LogP contribution in [0.15, 0.2) is 24.3 Å². The van der Waals surface area contributed by atoms with Crippen molar-refractivity contribution in [3.8, 4) is 0 Å². The number of benzene rings is 1. The third-order valence-electron chi connectivity index (χ3n) is 2.78. The molecule has 1 atom stereocenters. The largest absolute Gasteiger partial charge is 0.380 e. The van der Waals surface area contributed by atoms with Gasteiger partial charge in [0, 0.05) is 13.7 Å². The Labute approximate surface area is 117 Å². The molecular formula is C14H20FNO2S. The number of ether oxygens (including phenoxy) is 1. The Morgan fingerprint density at radius 1 is 1.42 bits per heavy atom. The van der Waals surface area contributed by atoms with Crippen molar-refractivity contribution in [3.05, 3.63) is 35.6 Å². The minimum absolute atomic E-state index is 0.0459. The third kappa shape index (κ3) is 6.59. The van der Waals surface area contributed by atoms with Crippen LogP contribution in [0.4, 0.5) is 4.39 Å². The molecule has 106 valence electrons. The standard InChI is InChI=1S/C14H20FNO2S/c1-18-13(7-8-19-2)10-16-14(17)9-11-3-5-12(15)6-4-11/h3-6,13H,7-10H2,1-2H3,(H,16,17). The molecule has 0 spiro atoms. The second kappa shape index (κ2) is 8.93. The number of carbonyl (C=O) groups excluding carboxylic acids is 1. The molecule has 1 aromatic carbocycles. The zero-order valence-corrected chi connectivity index (χ0v) is 12.1. The highest BCUT2D eigenvalue weighted by molar-refractivity contribution is 7.98. The van der Waals surface area contributed by atoms with Crippen molar-refractivity contribution in [3.63, 3.8) is 0 Å². The van der Waals surface area contributed by atoms with E-state index in [2.05, 4.69) is 5.32 Å². The first kappa shape index (κ1) is 16.0. The summed E-state index contributed by atoms with van der Waals surface area (Å²) in [6.45, 7) is 0.511. The molecule has 0 saturated carbocycles. The van der Waals surface area contributed by atoms with Crippen LogP contribution in [-0.4, -0.2) is 37.7 Å². The van der Waals surface area contributed by atoms with Gasteiger partial charge < -0.3 is 10.1 Å². The summed E-state index contributed by atoms with van der Waals surface area (Å²) in [4.78, 5) is 11.7. The number of rotatable bonds is 8. The van der Waals surface area contributed by atoms with E-state index in [4.69, 9.17) is 4.74 Å². The smallest absolute Gasteiger partial charge is 0.224 e. The van der Waals surface area contributed by atoms with Gasteiger partial charge in [0.2, 0.25) is 5.91 Å². The van der Waals surface area contributed by atoms with Crippen LogP contribution in [0.5, 0.6) is 0 Å². The molecule has 0 radical (unpaired) electrons. The van der Waals surface area contributed by atoms with Crippen molar-refractivity contribution in [2.75, 3.05) is 25.7 Å². The van der Waals surface area contributed by atoms with Crippen LogP contribution in [0.25, 0.3) is 0 Å². The highest BCUT2D eigenvalue weighted by Crippen LogP contribution is 2.05. The van der Waals surface area contributed by atoms with Crippen LogP contribution in [0.3, 0.4) is 0 Å². The number of thioether (sulfide) groups is 1. The van der Waals surface area contributed by atoms with Crippen LogP contribution in [-0.2, 0) is 16.0 Å². The van der Waals surface area contributed by atoms with Gasteiger partial charge in [0.15, 0.2) is 0 Å². The van der Waals surface area contributed by atoms with Crippen LogP contribution in [0.2, 0.25) is 0 Å². The first-order valence-electron chi connectivity index (χ1n) is 6.18. The Kier molecular flexibility index (Phi) is 7.52. The van der Waals surface area contributed by atoms with Gasteiger partial charge in [0.05, 0.1) is 12.5 Å². The summed E-state index contributed by atoms with van der Waals surface area (Å²) in [5, 5.41) is 2.84. The molecule has 0 aliphatic carbocycles. The maximum absolute atomic E-state index is 12.7. The summed E-state index contributed by atoms with van der Waals surface area (Å²) in [5.41, 5.74) is 0.803. The molecule has 1 unspecified atom stereocenters. The van der Waals surface area contributed by atoms with E-state index in [0.29, 0.717) is 6.54 Å². The van der Waals surface area contributed by atoms with E-state index in [-0.39, 0.29) is 24.2 Å². The predicted molar refractivity (Wildman–Crippen MR) is 76.9 cm³/mol. The Morgan fingerprint density at radius 3 is 2.68 bits per heavy atom. The zero-order chi connectivity index (χ0) is 14.1. The van der Waals surface area contributed by atoms with Crippen LogP contribution < -0.4 is 5.32 Å². The molecule has 0 aliphatic heterocycles. The van der Waals surface area contributed by atoms with E-state index in [1.807, 2.05) is 6.26 Å². The second-order valence-corrected chi connectivity index (χ2v) is 5.23. The lowest BCUT2D eigenvalue weighted by molar-refractivity contribution is -0.121. The van der Waals surface area contributed by atoms with Crippen molar-refractivity contribution in [2.45, 2.75) is 18.9 Å².